The molecule has 0 spiro atoms. The zero-order chi connectivity index (χ0) is 10.2. The molecule has 0 aromatic carbocycles. The summed E-state index contributed by atoms with van der Waals surface area (Å²) in [5.74, 6) is 0. The summed E-state index contributed by atoms with van der Waals surface area (Å²) in [5, 5.41) is 8.62. The lowest BCUT2D eigenvalue weighted by Crippen LogP contribution is -2.43. The molecule has 0 amide bonds. The predicted octanol–water partition coefficient (Wildman–Crippen LogP) is 0.962. The molecule has 0 saturated carbocycles. The van der Waals surface area contributed by atoms with E-state index >= 15 is 0 Å². The van der Waals surface area contributed by atoms with E-state index in [4.69, 9.17) is 10.8 Å². The van der Waals surface area contributed by atoms with Gasteiger partial charge in [0.15, 0.2) is 0 Å². The topological polar surface area (TPSA) is 49.5 Å². The van der Waals surface area contributed by atoms with Crippen LogP contribution in [0.3, 0.4) is 0 Å². The standard InChI is InChI=1S/C11H24N2O/c12-11-6-5-8-13(10-11)7-3-1-2-4-9-14/h11,14H,1-10,12H2. The number of nitrogens with two attached hydrogens (primary N) is 1. The summed E-state index contributed by atoms with van der Waals surface area (Å²) in [6, 6.07) is 0.404. The van der Waals surface area contributed by atoms with Crippen LogP contribution in [0.5, 0.6) is 0 Å². The third-order valence-electron chi connectivity index (χ3n) is 2.92. The normalized spacial score (nSPS) is 24.0. The number of nitrogens with zero attached hydrogens (tertiary/aromatic N) is 1. The van der Waals surface area contributed by atoms with Gasteiger partial charge in [-0.1, -0.05) is 12.8 Å². The minimum atomic E-state index is 0.342. The Bertz CT molecular complexity index is 141. The third kappa shape index (κ3) is 4.94. The summed E-state index contributed by atoms with van der Waals surface area (Å²) in [6.45, 7) is 3.85. The average molecular weight is 200 g/mol. The second kappa shape index (κ2) is 7.21. The van der Waals surface area contributed by atoms with Crippen LogP contribution in [0.2, 0.25) is 0 Å². The quantitative estimate of drug-likeness (QED) is 0.628. The van der Waals surface area contributed by atoms with Crippen molar-refractivity contribution < 1.29 is 5.11 Å². The average Bonchev–Trinajstić information content (AvgIpc) is 2.18. The largest absolute Gasteiger partial charge is 0.396 e. The van der Waals surface area contributed by atoms with Crippen LogP contribution in [-0.2, 0) is 0 Å². The predicted molar refractivity (Wildman–Crippen MR) is 59.2 cm³/mol. The molecule has 0 bridgehead atoms. The maximum atomic E-state index is 8.62. The van der Waals surface area contributed by atoms with Crippen LogP contribution in [0.1, 0.15) is 38.5 Å². The maximum Gasteiger partial charge on any atom is 0.0431 e. The number of likely N-dealkylation sites (tertiary alicyclic amines) is 1. The fraction of sp³-hybridized carbons (Fsp3) is 1.00. The van der Waals surface area contributed by atoms with Gasteiger partial charge in [0.2, 0.25) is 0 Å². The molecule has 1 heterocycles. The summed E-state index contributed by atoms with van der Waals surface area (Å²) in [4.78, 5) is 2.48. The van der Waals surface area contributed by atoms with Crippen LogP contribution in [0, 0.1) is 0 Å². The number of aliphatic hydroxyl groups is 1. The fourth-order valence-electron chi connectivity index (χ4n) is 2.10. The Hall–Kier alpha value is -0.120. The molecule has 3 heteroatoms. The van der Waals surface area contributed by atoms with Crippen molar-refractivity contribution in [2.75, 3.05) is 26.2 Å². The van der Waals surface area contributed by atoms with Gasteiger partial charge < -0.3 is 15.7 Å². The Morgan fingerprint density at radius 3 is 2.71 bits per heavy atom. The van der Waals surface area contributed by atoms with Crippen LogP contribution in [0.15, 0.2) is 0 Å². The van der Waals surface area contributed by atoms with Crippen LogP contribution >= 0.6 is 0 Å². The van der Waals surface area contributed by atoms with Gasteiger partial charge in [0.1, 0.15) is 0 Å². The Morgan fingerprint density at radius 1 is 1.21 bits per heavy atom. The van der Waals surface area contributed by atoms with E-state index in [0.29, 0.717) is 12.6 Å². The highest BCUT2D eigenvalue weighted by Gasteiger charge is 2.15. The first kappa shape index (κ1) is 12.0. The summed E-state index contributed by atoms with van der Waals surface area (Å²) in [6.07, 6.45) is 7.08. The van der Waals surface area contributed by atoms with Crippen molar-refractivity contribution in [3.05, 3.63) is 0 Å². The Labute approximate surface area is 87.3 Å². The highest BCUT2D eigenvalue weighted by atomic mass is 16.2. The van der Waals surface area contributed by atoms with Gasteiger partial charge in [0, 0.05) is 19.2 Å². The molecule has 1 saturated heterocycles. The van der Waals surface area contributed by atoms with Crippen molar-refractivity contribution in [3.63, 3.8) is 0 Å². The van der Waals surface area contributed by atoms with Crippen molar-refractivity contribution in [3.8, 4) is 0 Å². The van der Waals surface area contributed by atoms with Gasteiger partial charge in [-0.3, -0.25) is 0 Å². The highest BCUT2D eigenvalue weighted by molar-refractivity contribution is 4.74. The number of rotatable bonds is 6. The SMILES string of the molecule is NC1CCCN(CCCCCCO)C1. The number of aliphatic hydroxyl groups excluding tert-OH is 1. The molecule has 3 nitrogen and oxygen atoms in total. The van der Waals surface area contributed by atoms with Crippen LogP contribution in [0.25, 0.3) is 0 Å². The molecule has 1 aliphatic rings. The molecular formula is C11H24N2O. The van der Waals surface area contributed by atoms with E-state index < -0.39 is 0 Å². The van der Waals surface area contributed by atoms with Gasteiger partial charge in [0.05, 0.1) is 0 Å². The molecule has 0 aliphatic carbocycles. The Balaban J connectivity index is 1.95. The maximum absolute atomic E-state index is 8.62. The first-order valence-corrected chi connectivity index (χ1v) is 5.91. The minimum absolute atomic E-state index is 0.342. The molecule has 14 heavy (non-hydrogen) atoms. The van der Waals surface area contributed by atoms with E-state index in [1.165, 1.54) is 38.8 Å². The monoisotopic (exact) mass is 200 g/mol. The molecule has 0 aromatic heterocycles. The van der Waals surface area contributed by atoms with E-state index in [1.807, 2.05) is 0 Å². The Morgan fingerprint density at radius 2 is 2.00 bits per heavy atom. The van der Waals surface area contributed by atoms with E-state index in [9.17, 15) is 0 Å². The van der Waals surface area contributed by atoms with E-state index in [-0.39, 0.29) is 0 Å². The molecular weight excluding hydrogens is 176 g/mol. The van der Waals surface area contributed by atoms with E-state index in [2.05, 4.69) is 4.90 Å². The smallest absolute Gasteiger partial charge is 0.0431 e. The second-order valence-corrected chi connectivity index (χ2v) is 4.34. The lowest BCUT2D eigenvalue weighted by atomic mass is 10.1. The molecule has 1 atom stereocenters. The van der Waals surface area contributed by atoms with Gasteiger partial charge in [0.25, 0.3) is 0 Å². The fourth-order valence-corrected chi connectivity index (χ4v) is 2.10. The second-order valence-electron chi connectivity index (χ2n) is 4.34. The van der Waals surface area contributed by atoms with Gasteiger partial charge in [-0.05, 0) is 38.8 Å². The molecule has 1 unspecified atom stereocenters. The number of hydrogen-bond donors (Lipinski definition) is 2. The van der Waals surface area contributed by atoms with Crippen molar-refractivity contribution in [2.24, 2.45) is 5.73 Å². The minimum Gasteiger partial charge on any atom is -0.396 e. The number of hydrogen-bond acceptors (Lipinski definition) is 3. The van der Waals surface area contributed by atoms with E-state index in [0.717, 1.165) is 19.4 Å². The molecule has 1 rings (SSSR count). The molecule has 3 N–H and O–H groups in total. The zero-order valence-corrected chi connectivity index (χ0v) is 9.12. The van der Waals surface area contributed by atoms with Gasteiger partial charge >= 0.3 is 0 Å². The molecule has 1 aliphatic heterocycles. The number of piperidine rings is 1. The first-order chi connectivity index (χ1) is 6.83. The lowest BCUT2D eigenvalue weighted by molar-refractivity contribution is 0.204. The molecule has 0 aromatic rings. The van der Waals surface area contributed by atoms with Crippen molar-refractivity contribution in [1.82, 2.24) is 4.90 Å². The highest BCUT2D eigenvalue weighted by Crippen LogP contribution is 2.09. The Kier molecular flexibility index (Phi) is 6.15. The summed E-state index contributed by atoms with van der Waals surface area (Å²) < 4.78 is 0. The van der Waals surface area contributed by atoms with Crippen LogP contribution in [-0.4, -0.2) is 42.3 Å². The van der Waals surface area contributed by atoms with E-state index in [1.54, 1.807) is 0 Å². The number of unbranched alkanes of at least 4 members (excludes halogenated alkanes) is 3. The molecule has 1 fully saturated rings. The lowest BCUT2D eigenvalue weighted by Gasteiger charge is -2.30. The third-order valence-corrected chi connectivity index (χ3v) is 2.92. The first-order valence-electron chi connectivity index (χ1n) is 5.91. The van der Waals surface area contributed by atoms with Crippen LogP contribution in [0.4, 0.5) is 0 Å². The van der Waals surface area contributed by atoms with Crippen molar-refractivity contribution in [1.29, 1.82) is 0 Å². The summed E-state index contributed by atoms with van der Waals surface area (Å²) >= 11 is 0. The van der Waals surface area contributed by atoms with Crippen molar-refractivity contribution >= 4 is 0 Å². The zero-order valence-electron chi connectivity index (χ0n) is 9.12. The van der Waals surface area contributed by atoms with Gasteiger partial charge in [-0.15, -0.1) is 0 Å². The molecule has 0 radical (unpaired) electrons. The van der Waals surface area contributed by atoms with Gasteiger partial charge in [-0.2, -0.15) is 0 Å². The van der Waals surface area contributed by atoms with Crippen molar-refractivity contribution in [2.45, 2.75) is 44.6 Å². The summed E-state index contributed by atoms with van der Waals surface area (Å²) in [7, 11) is 0. The molecule has 84 valence electrons. The summed E-state index contributed by atoms with van der Waals surface area (Å²) in [5.41, 5.74) is 5.90. The van der Waals surface area contributed by atoms with Gasteiger partial charge in [-0.25, -0.2) is 0 Å². The van der Waals surface area contributed by atoms with Crippen LogP contribution < -0.4 is 5.73 Å².